The van der Waals surface area contributed by atoms with Crippen LogP contribution in [0.4, 0.5) is 0 Å². The van der Waals surface area contributed by atoms with Crippen molar-refractivity contribution in [2.24, 2.45) is 0 Å². The third-order valence-corrected chi connectivity index (χ3v) is 2.21. The largest absolute Gasteiger partial charge is 0.695 e. The van der Waals surface area contributed by atoms with Crippen LogP contribution in [0.1, 0.15) is 20.3 Å². The van der Waals surface area contributed by atoms with Crippen LogP contribution in [0.5, 0.6) is 0 Å². The van der Waals surface area contributed by atoms with Gasteiger partial charge in [0.05, 0.1) is 12.2 Å². The molecule has 0 saturated carbocycles. The van der Waals surface area contributed by atoms with Gasteiger partial charge in [0, 0.05) is 11.0 Å². The molecule has 0 aromatic carbocycles. The van der Waals surface area contributed by atoms with Crippen molar-refractivity contribution in [3.05, 3.63) is 0 Å². The second-order valence-corrected chi connectivity index (χ2v) is 3.46. The minimum Gasteiger partial charge on any atom is -0.373 e. The molecule has 0 aliphatic carbocycles. The Balaban J connectivity index is 2.40. The first-order chi connectivity index (χ1) is 5.09. The average molecular weight is 179 g/mol. The third-order valence-electron chi connectivity index (χ3n) is 1.76. The molecule has 0 amide bonds. The Hall–Kier alpha value is -0.0200. The molecule has 4 atom stereocenters. The van der Waals surface area contributed by atoms with Gasteiger partial charge in [-0.3, -0.25) is 0 Å². The minimum absolute atomic E-state index is 0.0731. The van der Waals surface area contributed by atoms with Crippen LogP contribution in [0.2, 0.25) is 0 Å². The fourth-order valence-corrected chi connectivity index (χ4v) is 1.76. The molecule has 5 heteroatoms. The highest BCUT2D eigenvalue weighted by molar-refractivity contribution is 7.32. The fraction of sp³-hybridized carbons (Fsp3) is 1.00. The van der Waals surface area contributed by atoms with Crippen LogP contribution in [0.3, 0.4) is 0 Å². The lowest BCUT2D eigenvalue weighted by atomic mass is 10.2. The monoisotopic (exact) mass is 179 g/mol. The van der Waals surface area contributed by atoms with Crippen molar-refractivity contribution in [2.45, 2.75) is 38.6 Å². The van der Waals surface area contributed by atoms with Crippen LogP contribution in [0.15, 0.2) is 0 Å². The lowest BCUT2D eigenvalue weighted by Gasteiger charge is -2.05. The van der Waals surface area contributed by atoms with E-state index in [1.165, 1.54) is 0 Å². The normalized spacial score (nSPS) is 39.2. The van der Waals surface area contributed by atoms with Crippen LogP contribution in [-0.4, -0.2) is 23.2 Å². The van der Waals surface area contributed by atoms with E-state index in [2.05, 4.69) is 0 Å². The van der Waals surface area contributed by atoms with Gasteiger partial charge in [-0.25, -0.2) is 0 Å². The van der Waals surface area contributed by atoms with Gasteiger partial charge in [0.15, 0.2) is 0 Å². The smallest absolute Gasteiger partial charge is 0.373 e. The molecule has 4 unspecified atom stereocenters. The first kappa shape index (κ1) is 9.07. The van der Waals surface area contributed by atoms with Crippen molar-refractivity contribution in [2.75, 3.05) is 0 Å². The highest BCUT2D eigenvalue weighted by atomic mass is 31.1. The van der Waals surface area contributed by atoms with E-state index in [4.69, 9.17) is 14.2 Å². The third kappa shape index (κ3) is 2.49. The van der Waals surface area contributed by atoms with Crippen molar-refractivity contribution in [3.8, 4) is 0 Å². The molecule has 1 aliphatic rings. The molecule has 0 radical (unpaired) electrons. The number of hydrogen-bond acceptors (Lipinski definition) is 3. The van der Waals surface area contributed by atoms with E-state index in [1.54, 1.807) is 0 Å². The van der Waals surface area contributed by atoms with Gasteiger partial charge < -0.3 is 4.74 Å². The molecule has 0 aromatic heterocycles. The zero-order valence-electron chi connectivity index (χ0n) is 6.56. The van der Waals surface area contributed by atoms with Gasteiger partial charge in [0.2, 0.25) is 0 Å². The lowest BCUT2D eigenvalue weighted by molar-refractivity contribution is 0.0351. The Labute approximate surface area is 66.5 Å². The van der Waals surface area contributed by atoms with Crippen LogP contribution in [0, 0.1) is 0 Å². The predicted molar refractivity (Wildman–Crippen MR) is 39.3 cm³/mol. The van der Waals surface area contributed by atoms with Gasteiger partial charge in [-0.05, 0) is 13.8 Å². The Morgan fingerprint density at radius 1 is 1.64 bits per heavy atom. The van der Waals surface area contributed by atoms with E-state index < -0.39 is 8.25 Å². The Bertz CT molecular complexity index is 161. The second kappa shape index (κ2) is 3.59. The van der Waals surface area contributed by atoms with E-state index in [0.717, 1.165) is 0 Å². The van der Waals surface area contributed by atoms with Crippen molar-refractivity contribution < 1.29 is 18.7 Å². The van der Waals surface area contributed by atoms with Crippen LogP contribution in [-0.2, 0) is 13.8 Å². The van der Waals surface area contributed by atoms with Gasteiger partial charge in [-0.1, -0.05) is 0 Å². The summed E-state index contributed by atoms with van der Waals surface area (Å²) in [6.07, 6.45) is 0.530. The molecule has 0 spiro atoms. The maximum Gasteiger partial charge on any atom is 0.695 e. The molecule has 1 aliphatic heterocycles. The number of hydrogen-bond donors (Lipinski definition) is 1. The molecule has 1 N–H and O–H groups in total. The first-order valence-corrected chi connectivity index (χ1v) is 4.71. The van der Waals surface area contributed by atoms with E-state index in [0.29, 0.717) is 6.42 Å². The lowest BCUT2D eigenvalue weighted by Crippen LogP contribution is -2.17. The first-order valence-electron chi connectivity index (χ1n) is 3.58. The van der Waals surface area contributed by atoms with Crippen LogP contribution >= 0.6 is 8.25 Å². The summed E-state index contributed by atoms with van der Waals surface area (Å²) >= 11 is 0. The van der Waals surface area contributed by atoms with Crippen molar-refractivity contribution in [1.82, 2.24) is 0 Å². The van der Waals surface area contributed by atoms with E-state index in [1.807, 2.05) is 13.8 Å². The van der Waals surface area contributed by atoms with Crippen LogP contribution < -0.4 is 0 Å². The molecule has 1 rings (SSSR count). The quantitative estimate of drug-likeness (QED) is 0.647. The summed E-state index contributed by atoms with van der Waals surface area (Å²) < 4.78 is 20.3. The van der Waals surface area contributed by atoms with Crippen molar-refractivity contribution in [3.63, 3.8) is 0 Å². The molecule has 0 bridgehead atoms. The average Bonchev–Trinajstić information content (AvgIpc) is 2.09. The van der Waals surface area contributed by atoms with Crippen molar-refractivity contribution in [1.29, 1.82) is 0 Å². The van der Waals surface area contributed by atoms with Crippen LogP contribution in [0.25, 0.3) is 0 Å². The highest BCUT2D eigenvalue weighted by Gasteiger charge is 2.36. The minimum atomic E-state index is -2.49. The van der Waals surface area contributed by atoms with Gasteiger partial charge in [-0.2, -0.15) is 0 Å². The zero-order valence-corrected chi connectivity index (χ0v) is 7.45. The van der Waals surface area contributed by atoms with E-state index >= 15 is 0 Å². The Morgan fingerprint density at radius 3 is 2.64 bits per heavy atom. The molecule has 64 valence electrons. The maximum atomic E-state index is 10.3. The predicted octanol–water partition coefficient (Wildman–Crippen LogP) is 1.22. The zero-order chi connectivity index (χ0) is 8.43. The number of rotatable bonds is 2. The van der Waals surface area contributed by atoms with E-state index in [9.17, 15) is 4.57 Å². The Kier molecular flexibility index (Phi) is 2.96. The molecule has 4 nitrogen and oxygen atoms in total. The summed E-state index contributed by atoms with van der Waals surface area (Å²) in [7, 11) is -2.49. The molecule has 0 aromatic rings. The summed E-state index contributed by atoms with van der Waals surface area (Å²) in [6.45, 7) is 3.76. The molecule has 1 saturated heterocycles. The highest BCUT2D eigenvalue weighted by Crippen LogP contribution is 2.29. The standard InChI is InChI=1S/C6H11O4P/c1-4-3-6(5(2)9-4)10-11(7)8/h4-6H,3H2,1-2H3/p+1. The van der Waals surface area contributed by atoms with Gasteiger partial charge in [-0.15, -0.1) is 9.42 Å². The number of ether oxygens (including phenoxy) is 1. The summed E-state index contributed by atoms with van der Waals surface area (Å²) in [6, 6.07) is 0. The molecule has 1 fully saturated rings. The van der Waals surface area contributed by atoms with Gasteiger partial charge in [0.1, 0.15) is 6.10 Å². The van der Waals surface area contributed by atoms with Gasteiger partial charge in [0.25, 0.3) is 0 Å². The summed E-state index contributed by atoms with van der Waals surface area (Å²) in [5.74, 6) is 0. The maximum absolute atomic E-state index is 10.3. The molecule has 11 heavy (non-hydrogen) atoms. The van der Waals surface area contributed by atoms with Crippen molar-refractivity contribution >= 4 is 8.25 Å². The fourth-order valence-electron chi connectivity index (χ4n) is 1.27. The molecular formula is C6H12O4P+. The topological polar surface area (TPSA) is 55.8 Å². The van der Waals surface area contributed by atoms with Gasteiger partial charge >= 0.3 is 8.25 Å². The Morgan fingerprint density at radius 2 is 2.27 bits per heavy atom. The SMILES string of the molecule is CC1CC(O[P+](=O)O)C(C)O1. The summed E-state index contributed by atoms with van der Waals surface area (Å²) in [5.41, 5.74) is 0. The summed E-state index contributed by atoms with van der Waals surface area (Å²) in [4.78, 5) is 8.45. The second-order valence-electron chi connectivity index (χ2n) is 2.77. The molecular weight excluding hydrogens is 167 g/mol. The summed E-state index contributed by atoms with van der Waals surface area (Å²) in [5, 5.41) is 0. The van der Waals surface area contributed by atoms with E-state index in [-0.39, 0.29) is 18.3 Å². The molecule has 1 heterocycles.